The van der Waals surface area contributed by atoms with E-state index in [1.807, 2.05) is 32.0 Å². The molecule has 0 amide bonds. The molecule has 0 spiro atoms. The molecule has 0 saturated heterocycles. The second-order valence-electron chi connectivity index (χ2n) is 4.66. The average Bonchev–Trinajstić information content (AvgIpc) is 2.40. The smallest absolute Gasteiger partial charge is 0.129 e. The Balaban J connectivity index is 2.33. The number of hydrogen-bond donors (Lipinski definition) is 1. The van der Waals surface area contributed by atoms with Gasteiger partial charge in [0.15, 0.2) is 0 Å². The molecular weight excluding hydrogens is 243 g/mol. The van der Waals surface area contributed by atoms with Crippen molar-refractivity contribution in [1.29, 1.82) is 0 Å². The molecule has 100 valence electrons. The maximum Gasteiger partial charge on any atom is 0.129 e. The Labute approximate surface area is 112 Å². The van der Waals surface area contributed by atoms with Crippen molar-refractivity contribution in [3.05, 3.63) is 65.5 Å². The van der Waals surface area contributed by atoms with E-state index in [1.165, 1.54) is 6.07 Å². The average molecular weight is 260 g/mol. The maximum absolute atomic E-state index is 13.8. The van der Waals surface area contributed by atoms with Crippen LogP contribution in [0.15, 0.2) is 48.5 Å². The molecule has 0 aliphatic carbocycles. The van der Waals surface area contributed by atoms with Crippen LogP contribution in [0.2, 0.25) is 0 Å². The first-order valence-corrected chi connectivity index (χ1v) is 6.27. The van der Waals surface area contributed by atoms with Crippen LogP contribution >= 0.6 is 0 Å². The lowest BCUT2D eigenvalue weighted by atomic mass is 10.0. The van der Waals surface area contributed by atoms with Crippen molar-refractivity contribution < 1.29 is 14.2 Å². The van der Waals surface area contributed by atoms with E-state index in [0.717, 1.165) is 0 Å². The number of halogens is 1. The van der Waals surface area contributed by atoms with E-state index >= 15 is 0 Å². The minimum Gasteiger partial charge on any atom is -0.491 e. The number of aliphatic hydroxyl groups excluding tert-OH is 1. The van der Waals surface area contributed by atoms with Crippen molar-refractivity contribution in [1.82, 2.24) is 0 Å². The molecule has 1 atom stereocenters. The zero-order valence-corrected chi connectivity index (χ0v) is 11.0. The van der Waals surface area contributed by atoms with Crippen molar-refractivity contribution in [3.8, 4) is 5.75 Å². The number of aliphatic hydroxyl groups is 1. The van der Waals surface area contributed by atoms with Crippen LogP contribution in [-0.4, -0.2) is 11.2 Å². The molecule has 1 unspecified atom stereocenters. The van der Waals surface area contributed by atoms with Crippen LogP contribution in [0, 0.1) is 5.82 Å². The Morgan fingerprint density at radius 2 is 1.74 bits per heavy atom. The molecule has 0 saturated carbocycles. The molecule has 2 rings (SSSR count). The highest BCUT2D eigenvalue weighted by Gasteiger charge is 2.16. The Hall–Kier alpha value is -1.87. The Bertz CT molecular complexity index is 538. The molecule has 2 nitrogen and oxygen atoms in total. The van der Waals surface area contributed by atoms with Crippen LogP contribution in [0.4, 0.5) is 4.39 Å². The number of rotatable bonds is 4. The van der Waals surface area contributed by atoms with Gasteiger partial charge in [-0.3, -0.25) is 0 Å². The van der Waals surface area contributed by atoms with Crippen LogP contribution in [0.5, 0.6) is 5.75 Å². The van der Waals surface area contributed by atoms with E-state index in [1.54, 1.807) is 24.3 Å². The van der Waals surface area contributed by atoms with E-state index in [4.69, 9.17) is 4.74 Å². The molecule has 3 heteroatoms. The lowest BCUT2D eigenvalue weighted by molar-refractivity contribution is 0.211. The highest BCUT2D eigenvalue weighted by Crippen LogP contribution is 2.27. The summed E-state index contributed by atoms with van der Waals surface area (Å²) in [7, 11) is 0. The van der Waals surface area contributed by atoms with Gasteiger partial charge in [0.25, 0.3) is 0 Å². The summed E-state index contributed by atoms with van der Waals surface area (Å²) in [6.45, 7) is 3.80. The van der Waals surface area contributed by atoms with Gasteiger partial charge in [0, 0.05) is 5.56 Å². The first-order chi connectivity index (χ1) is 9.08. The van der Waals surface area contributed by atoms with Gasteiger partial charge in [-0.2, -0.15) is 0 Å². The normalized spacial score (nSPS) is 12.5. The van der Waals surface area contributed by atoms with Crippen LogP contribution < -0.4 is 4.74 Å². The van der Waals surface area contributed by atoms with E-state index < -0.39 is 11.9 Å². The minimum absolute atomic E-state index is 0.00665. The zero-order chi connectivity index (χ0) is 13.8. The van der Waals surface area contributed by atoms with E-state index in [9.17, 15) is 9.50 Å². The molecule has 19 heavy (non-hydrogen) atoms. The lowest BCUT2D eigenvalue weighted by Crippen LogP contribution is -2.08. The molecule has 0 aliphatic heterocycles. The van der Waals surface area contributed by atoms with E-state index in [0.29, 0.717) is 11.3 Å². The summed E-state index contributed by atoms with van der Waals surface area (Å²) in [5.74, 6) is 0.119. The van der Waals surface area contributed by atoms with Crippen LogP contribution in [-0.2, 0) is 0 Å². The number of ether oxygens (including phenoxy) is 1. The highest BCUT2D eigenvalue weighted by atomic mass is 19.1. The monoisotopic (exact) mass is 260 g/mol. The molecule has 2 aromatic rings. The molecule has 0 aliphatic rings. The summed E-state index contributed by atoms with van der Waals surface area (Å²) >= 11 is 0. The van der Waals surface area contributed by atoms with E-state index in [2.05, 4.69) is 0 Å². The Morgan fingerprint density at radius 3 is 2.37 bits per heavy atom. The van der Waals surface area contributed by atoms with Gasteiger partial charge in [-0.05, 0) is 37.6 Å². The SMILES string of the molecule is CC(C)Oc1ccc(F)c(C(O)c2ccccc2)c1. The molecule has 0 heterocycles. The summed E-state index contributed by atoms with van der Waals surface area (Å²) in [6, 6.07) is 13.4. The molecule has 0 bridgehead atoms. The molecular formula is C16H17FO2. The molecule has 2 aromatic carbocycles. The number of benzene rings is 2. The topological polar surface area (TPSA) is 29.5 Å². The Kier molecular flexibility index (Phi) is 4.17. The van der Waals surface area contributed by atoms with Gasteiger partial charge < -0.3 is 9.84 Å². The third kappa shape index (κ3) is 3.32. The quantitative estimate of drug-likeness (QED) is 0.908. The predicted molar refractivity (Wildman–Crippen MR) is 72.7 cm³/mol. The van der Waals surface area contributed by atoms with Crippen molar-refractivity contribution >= 4 is 0 Å². The minimum atomic E-state index is -0.989. The van der Waals surface area contributed by atoms with Crippen molar-refractivity contribution in [2.45, 2.75) is 26.1 Å². The van der Waals surface area contributed by atoms with Gasteiger partial charge >= 0.3 is 0 Å². The second-order valence-corrected chi connectivity index (χ2v) is 4.66. The molecule has 0 aromatic heterocycles. The summed E-state index contributed by atoms with van der Waals surface area (Å²) in [5, 5.41) is 10.2. The fourth-order valence-corrected chi connectivity index (χ4v) is 1.89. The first kappa shape index (κ1) is 13.6. The predicted octanol–water partition coefficient (Wildman–Crippen LogP) is 3.69. The van der Waals surface area contributed by atoms with Crippen molar-refractivity contribution in [2.24, 2.45) is 0 Å². The van der Waals surface area contributed by atoms with E-state index in [-0.39, 0.29) is 11.7 Å². The highest BCUT2D eigenvalue weighted by molar-refractivity contribution is 5.36. The molecule has 0 fully saturated rings. The third-order valence-corrected chi connectivity index (χ3v) is 2.75. The summed E-state index contributed by atoms with van der Waals surface area (Å²) in [4.78, 5) is 0. The third-order valence-electron chi connectivity index (χ3n) is 2.75. The second kappa shape index (κ2) is 5.85. The summed E-state index contributed by atoms with van der Waals surface area (Å²) < 4.78 is 19.3. The van der Waals surface area contributed by atoms with Crippen LogP contribution in [0.1, 0.15) is 31.1 Å². The zero-order valence-electron chi connectivity index (χ0n) is 11.0. The summed E-state index contributed by atoms with van der Waals surface area (Å²) in [6.07, 6.45) is -0.982. The molecule has 1 N–H and O–H groups in total. The fraction of sp³-hybridized carbons (Fsp3) is 0.250. The summed E-state index contributed by atoms with van der Waals surface area (Å²) in [5.41, 5.74) is 0.882. The first-order valence-electron chi connectivity index (χ1n) is 6.27. The fourth-order valence-electron chi connectivity index (χ4n) is 1.89. The number of hydrogen-bond acceptors (Lipinski definition) is 2. The van der Waals surface area contributed by atoms with Gasteiger partial charge in [-0.15, -0.1) is 0 Å². The van der Waals surface area contributed by atoms with Crippen molar-refractivity contribution in [2.75, 3.05) is 0 Å². The van der Waals surface area contributed by atoms with Gasteiger partial charge in [0.1, 0.15) is 17.7 Å². The standard InChI is InChI=1S/C16H17FO2/c1-11(2)19-13-8-9-15(17)14(10-13)16(18)12-6-4-3-5-7-12/h3-11,16,18H,1-2H3. The Morgan fingerprint density at radius 1 is 1.05 bits per heavy atom. The largest absolute Gasteiger partial charge is 0.491 e. The maximum atomic E-state index is 13.8. The van der Waals surface area contributed by atoms with Gasteiger partial charge in [0.05, 0.1) is 6.10 Å². The van der Waals surface area contributed by atoms with Gasteiger partial charge in [-0.25, -0.2) is 4.39 Å². The lowest BCUT2D eigenvalue weighted by Gasteiger charge is -2.15. The van der Waals surface area contributed by atoms with Crippen LogP contribution in [0.25, 0.3) is 0 Å². The van der Waals surface area contributed by atoms with Crippen LogP contribution in [0.3, 0.4) is 0 Å². The van der Waals surface area contributed by atoms with Gasteiger partial charge in [-0.1, -0.05) is 30.3 Å². The van der Waals surface area contributed by atoms with Gasteiger partial charge in [0.2, 0.25) is 0 Å². The van der Waals surface area contributed by atoms with Crippen molar-refractivity contribution in [3.63, 3.8) is 0 Å². The molecule has 0 radical (unpaired) electrons.